The normalized spacial score (nSPS) is 11.9. The van der Waals surface area contributed by atoms with Gasteiger partial charge in [-0.25, -0.2) is 0 Å². The third-order valence-electron chi connectivity index (χ3n) is 2.38. The van der Waals surface area contributed by atoms with E-state index in [1.54, 1.807) is 0 Å². The number of hydrogen-bond acceptors (Lipinski definition) is 1. The first kappa shape index (κ1) is 11.9. The molecule has 0 saturated heterocycles. The maximum atomic E-state index is 12.3. The summed E-state index contributed by atoms with van der Waals surface area (Å²) >= 11 is 0. The summed E-state index contributed by atoms with van der Waals surface area (Å²) in [5.41, 5.74) is 0.182. The topological polar surface area (TPSA) is 3.24 Å². The highest BCUT2D eigenvalue weighted by atomic mass is 19.4. The van der Waals surface area contributed by atoms with Crippen LogP contribution < -0.4 is 4.90 Å². The highest BCUT2D eigenvalue weighted by Crippen LogP contribution is 2.30. The maximum absolute atomic E-state index is 12.3. The highest BCUT2D eigenvalue weighted by Gasteiger charge is 2.30. The van der Waals surface area contributed by atoms with Crippen molar-refractivity contribution < 1.29 is 13.2 Å². The van der Waals surface area contributed by atoms with Gasteiger partial charge in [-0.05, 0) is 38.1 Å². The van der Waals surface area contributed by atoms with Gasteiger partial charge in [-0.1, -0.05) is 0 Å². The van der Waals surface area contributed by atoms with Gasteiger partial charge in [0.25, 0.3) is 0 Å². The van der Waals surface area contributed by atoms with E-state index in [0.29, 0.717) is 0 Å². The molecule has 0 aliphatic carbocycles. The van der Waals surface area contributed by atoms with E-state index in [1.807, 2.05) is 25.8 Å². The molecule has 15 heavy (non-hydrogen) atoms. The van der Waals surface area contributed by atoms with Gasteiger partial charge in [0.1, 0.15) is 0 Å². The van der Waals surface area contributed by atoms with Crippen molar-refractivity contribution in [1.82, 2.24) is 0 Å². The van der Waals surface area contributed by atoms with Crippen LogP contribution in [0.15, 0.2) is 24.3 Å². The van der Waals surface area contributed by atoms with Crippen LogP contribution in [-0.2, 0) is 6.18 Å². The largest absolute Gasteiger partial charge is 0.416 e. The zero-order chi connectivity index (χ0) is 11.6. The molecule has 0 aliphatic rings. The average molecular weight is 217 g/mol. The van der Waals surface area contributed by atoms with E-state index in [1.165, 1.54) is 12.1 Å². The van der Waals surface area contributed by atoms with Gasteiger partial charge >= 0.3 is 6.18 Å². The molecule has 0 fully saturated rings. The molecule has 0 saturated carbocycles. The van der Waals surface area contributed by atoms with E-state index in [2.05, 4.69) is 0 Å². The third-order valence-corrected chi connectivity index (χ3v) is 2.38. The second-order valence-electron chi connectivity index (χ2n) is 3.75. The van der Waals surface area contributed by atoms with Crippen LogP contribution in [0.1, 0.15) is 19.4 Å². The molecule has 84 valence electrons. The summed E-state index contributed by atoms with van der Waals surface area (Å²) < 4.78 is 36.8. The van der Waals surface area contributed by atoms with E-state index >= 15 is 0 Å². The summed E-state index contributed by atoms with van der Waals surface area (Å²) in [6, 6.07) is 5.45. The first-order chi connectivity index (χ1) is 6.82. The lowest BCUT2D eigenvalue weighted by atomic mass is 10.2. The number of nitrogens with zero attached hydrogens (tertiary/aromatic N) is 1. The minimum Gasteiger partial charge on any atom is -0.372 e. The van der Waals surface area contributed by atoms with Gasteiger partial charge in [0.2, 0.25) is 0 Å². The number of alkyl halides is 3. The molecule has 1 aromatic rings. The molecule has 1 nitrogen and oxygen atoms in total. The minimum atomic E-state index is -4.26. The molecular weight excluding hydrogens is 203 g/mol. The lowest BCUT2D eigenvalue weighted by molar-refractivity contribution is -0.137. The van der Waals surface area contributed by atoms with Crippen LogP contribution in [0.2, 0.25) is 0 Å². The van der Waals surface area contributed by atoms with Gasteiger partial charge in [0.15, 0.2) is 0 Å². The van der Waals surface area contributed by atoms with E-state index in [4.69, 9.17) is 0 Å². The fourth-order valence-electron chi connectivity index (χ4n) is 1.18. The molecule has 0 aromatic heterocycles. The zero-order valence-corrected chi connectivity index (χ0v) is 8.97. The Bertz CT molecular complexity index is 314. The van der Waals surface area contributed by atoms with E-state index in [-0.39, 0.29) is 6.04 Å². The van der Waals surface area contributed by atoms with Crippen molar-refractivity contribution in [2.75, 3.05) is 11.9 Å². The lowest BCUT2D eigenvalue weighted by Crippen LogP contribution is -2.25. The van der Waals surface area contributed by atoms with Crippen molar-refractivity contribution in [3.05, 3.63) is 29.8 Å². The molecule has 0 radical (unpaired) electrons. The number of rotatable bonds is 2. The molecule has 0 N–H and O–H groups in total. The van der Waals surface area contributed by atoms with Crippen molar-refractivity contribution in [1.29, 1.82) is 0 Å². The van der Waals surface area contributed by atoms with E-state index in [0.717, 1.165) is 17.8 Å². The summed E-state index contributed by atoms with van der Waals surface area (Å²) in [4.78, 5) is 1.92. The van der Waals surface area contributed by atoms with Crippen LogP contribution in [0.4, 0.5) is 18.9 Å². The Hall–Kier alpha value is -1.19. The Kier molecular flexibility index (Phi) is 3.27. The molecule has 0 spiro atoms. The molecule has 0 amide bonds. The number of benzene rings is 1. The Labute approximate surface area is 87.5 Å². The Balaban J connectivity index is 2.91. The highest BCUT2D eigenvalue weighted by molar-refractivity contribution is 5.47. The number of hydrogen-bond donors (Lipinski definition) is 0. The molecule has 0 unspecified atom stereocenters. The van der Waals surface area contributed by atoms with Crippen LogP contribution in [0, 0.1) is 0 Å². The molecule has 1 rings (SSSR count). The van der Waals surface area contributed by atoms with Crippen molar-refractivity contribution in [3.63, 3.8) is 0 Å². The van der Waals surface area contributed by atoms with Crippen LogP contribution in [0.25, 0.3) is 0 Å². The standard InChI is InChI=1S/C11H14F3N/c1-8(2)15(3)10-6-4-9(5-7-10)11(12,13)14/h4-8H,1-3H3. The van der Waals surface area contributed by atoms with Crippen molar-refractivity contribution in [2.45, 2.75) is 26.1 Å². The van der Waals surface area contributed by atoms with Gasteiger partial charge in [0.05, 0.1) is 5.56 Å². The lowest BCUT2D eigenvalue weighted by Gasteiger charge is -2.24. The van der Waals surface area contributed by atoms with Crippen LogP contribution in [0.3, 0.4) is 0 Å². The third kappa shape index (κ3) is 2.88. The van der Waals surface area contributed by atoms with E-state index in [9.17, 15) is 13.2 Å². The summed E-state index contributed by atoms with van der Waals surface area (Å²) in [5, 5.41) is 0. The smallest absolute Gasteiger partial charge is 0.372 e. The molecular formula is C11H14F3N. The number of halogens is 3. The molecule has 4 heteroatoms. The molecule has 1 aromatic carbocycles. The molecule has 0 heterocycles. The molecule has 0 aliphatic heterocycles. The van der Waals surface area contributed by atoms with E-state index < -0.39 is 11.7 Å². The van der Waals surface area contributed by atoms with Crippen LogP contribution in [0.5, 0.6) is 0 Å². The van der Waals surface area contributed by atoms with Crippen LogP contribution >= 0.6 is 0 Å². The van der Waals surface area contributed by atoms with Gasteiger partial charge in [-0.15, -0.1) is 0 Å². The summed E-state index contributed by atoms with van der Waals surface area (Å²) in [6.45, 7) is 3.97. The second kappa shape index (κ2) is 4.13. The summed E-state index contributed by atoms with van der Waals surface area (Å²) in [7, 11) is 1.85. The predicted molar refractivity (Wildman–Crippen MR) is 55.0 cm³/mol. The first-order valence-electron chi connectivity index (χ1n) is 4.72. The van der Waals surface area contributed by atoms with Gasteiger partial charge < -0.3 is 4.90 Å². The summed E-state index contributed by atoms with van der Waals surface area (Å²) in [5.74, 6) is 0. The zero-order valence-electron chi connectivity index (χ0n) is 8.97. The minimum absolute atomic E-state index is 0.265. The molecule has 0 bridgehead atoms. The maximum Gasteiger partial charge on any atom is 0.416 e. The fourth-order valence-corrected chi connectivity index (χ4v) is 1.18. The Morgan fingerprint density at radius 2 is 1.53 bits per heavy atom. The SMILES string of the molecule is CC(C)N(C)c1ccc(C(F)(F)F)cc1. The van der Waals surface area contributed by atoms with Gasteiger partial charge in [0, 0.05) is 18.8 Å². The quantitative estimate of drug-likeness (QED) is 0.732. The monoisotopic (exact) mass is 217 g/mol. The predicted octanol–water partition coefficient (Wildman–Crippen LogP) is 3.55. The summed E-state index contributed by atoms with van der Waals surface area (Å²) in [6.07, 6.45) is -4.26. The van der Waals surface area contributed by atoms with Crippen molar-refractivity contribution >= 4 is 5.69 Å². The van der Waals surface area contributed by atoms with Crippen molar-refractivity contribution in [2.24, 2.45) is 0 Å². The van der Waals surface area contributed by atoms with Crippen molar-refractivity contribution in [3.8, 4) is 0 Å². The fraction of sp³-hybridized carbons (Fsp3) is 0.455. The molecule has 0 atom stereocenters. The van der Waals surface area contributed by atoms with Gasteiger partial charge in [-0.3, -0.25) is 0 Å². The first-order valence-corrected chi connectivity index (χ1v) is 4.72. The Morgan fingerprint density at radius 3 is 1.87 bits per heavy atom. The second-order valence-corrected chi connectivity index (χ2v) is 3.75. The average Bonchev–Trinajstić information content (AvgIpc) is 2.15. The van der Waals surface area contributed by atoms with Crippen LogP contribution in [-0.4, -0.2) is 13.1 Å². The number of anilines is 1. The Morgan fingerprint density at radius 1 is 1.07 bits per heavy atom. The van der Waals surface area contributed by atoms with Gasteiger partial charge in [-0.2, -0.15) is 13.2 Å².